The molecule has 4 rings (SSSR count). The molecule has 0 saturated carbocycles. The number of benzene rings is 1. The molecule has 3 aromatic rings. The van der Waals surface area contributed by atoms with Crippen molar-refractivity contribution in [3.05, 3.63) is 45.8 Å². The standard InChI is InChI=1S/C23H26FN3O2S2/c1-3-4-13-27-22(29)19-18(16-7-9-17(24)10-8-16)14-30-20(19)25-23(27)31-15(2)21(28)26-11-5-6-12-26/h7-10,14-15H,3-6,11-13H2,1-2H3. The Morgan fingerprint density at radius 3 is 2.65 bits per heavy atom. The molecule has 0 radical (unpaired) electrons. The zero-order valence-corrected chi connectivity index (χ0v) is 19.4. The van der Waals surface area contributed by atoms with E-state index in [0.717, 1.165) is 49.9 Å². The molecule has 2 aromatic heterocycles. The average Bonchev–Trinajstić information content (AvgIpc) is 3.44. The van der Waals surface area contributed by atoms with Gasteiger partial charge in [0, 0.05) is 30.6 Å². The van der Waals surface area contributed by atoms with E-state index in [1.165, 1.54) is 35.2 Å². The molecule has 1 unspecified atom stereocenters. The van der Waals surface area contributed by atoms with Crippen molar-refractivity contribution in [2.45, 2.75) is 56.5 Å². The third kappa shape index (κ3) is 4.55. The van der Waals surface area contributed by atoms with Crippen LogP contribution in [-0.2, 0) is 11.3 Å². The topological polar surface area (TPSA) is 55.2 Å². The smallest absolute Gasteiger partial charge is 0.263 e. The summed E-state index contributed by atoms with van der Waals surface area (Å²) in [5, 5.41) is 2.77. The summed E-state index contributed by atoms with van der Waals surface area (Å²) in [5.41, 5.74) is 1.48. The van der Waals surface area contributed by atoms with Crippen LogP contribution in [0.3, 0.4) is 0 Å². The predicted molar refractivity (Wildman–Crippen MR) is 125 cm³/mol. The predicted octanol–water partition coefficient (Wildman–Crippen LogP) is 5.17. The first-order valence-corrected chi connectivity index (χ1v) is 12.5. The average molecular weight is 460 g/mol. The Hall–Kier alpha value is -2.19. The van der Waals surface area contributed by atoms with Crippen LogP contribution in [-0.4, -0.2) is 38.7 Å². The van der Waals surface area contributed by atoms with E-state index in [1.807, 2.05) is 17.2 Å². The molecule has 164 valence electrons. The molecular weight excluding hydrogens is 433 g/mol. The SMILES string of the molecule is CCCCn1c(SC(C)C(=O)N2CCCC2)nc2scc(-c3ccc(F)cc3)c2c1=O. The molecule has 1 atom stereocenters. The summed E-state index contributed by atoms with van der Waals surface area (Å²) in [4.78, 5) is 33.7. The molecule has 1 aliphatic heterocycles. The molecule has 1 saturated heterocycles. The summed E-state index contributed by atoms with van der Waals surface area (Å²) in [6, 6.07) is 6.17. The Morgan fingerprint density at radius 1 is 1.26 bits per heavy atom. The largest absolute Gasteiger partial charge is 0.342 e. The van der Waals surface area contributed by atoms with Gasteiger partial charge in [-0.1, -0.05) is 37.2 Å². The maximum absolute atomic E-state index is 13.5. The van der Waals surface area contributed by atoms with Crippen LogP contribution >= 0.6 is 23.1 Å². The van der Waals surface area contributed by atoms with Crippen molar-refractivity contribution in [3.63, 3.8) is 0 Å². The van der Waals surface area contributed by atoms with Crippen molar-refractivity contribution in [2.75, 3.05) is 13.1 Å². The molecule has 8 heteroatoms. The molecule has 5 nitrogen and oxygen atoms in total. The molecule has 1 fully saturated rings. The number of rotatable bonds is 7. The monoisotopic (exact) mass is 459 g/mol. The van der Waals surface area contributed by atoms with E-state index in [1.54, 1.807) is 16.7 Å². The zero-order valence-electron chi connectivity index (χ0n) is 17.8. The first-order chi connectivity index (χ1) is 15.0. The molecule has 0 bridgehead atoms. The highest BCUT2D eigenvalue weighted by Gasteiger charge is 2.26. The van der Waals surface area contributed by atoms with Gasteiger partial charge in [-0.05, 0) is 43.9 Å². The van der Waals surface area contributed by atoms with E-state index in [9.17, 15) is 14.0 Å². The van der Waals surface area contributed by atoms with Gasteiger partial charge >= 0.3 is 0 Å². The lowest BCUT2D eigenvalue weighted by Gasteiger charge is -2.21. The Labute approximate surface area is 189 Å². The number of unbranched alkanes of at least 4 members (excludes halogenated alkanes) is 1. The van der Waals surface area contributed by atoms with Gasteiger partial charge in [0.15, 0.2) is 5.16 Å². The highest BCUT2D eigenvalue weighted by Crippen LogP contribution is 2.33. The molecule has 0 N–H and O–H groups in total. The van der Waals surface area contributed by atoms with Gasteiger partial charge in [0.1, 0.15) is 10.6 Å². The maximum Gasteiger partial charge on any atom is 0.263 e. The van der Waals surface area contributed by atoms with E-state index in [0.29, 0.717) is 21.9 Å². The van der Waals surface area contributed by atoms with Crippen molar-refractivity contribution in [1.82, 2.24) is 14.5 Å². The lowest BCUT2D eigenvalue weighted by atomic mass is 10.1. The number of fused-ring (bicyclic) bond motifs is 1. The Morgan fingerprint density at radius 2 is 1.97 bits per heavy atom. The molecule has 1 amide bonds. The van der Waals surface area contributed by atoms with Crippen LogP contribution in [0, 0.1) is 5.82 Å². The minimum atomic E-state index is -0.308. The van der Waals surface area contributed by atoms with E-state index < -0.39 is 0 Å². The fourth-order valence-electron chi connectivity index (χ4n) is 3.85. The van der Waals surface area contributed by atoms with Gasteiger partial charge in [0.2, 0.25) is 5.91 Å². The van der Waals surface area contributed by atoms with Gasteiger partial charge in [-0.2, -0.15) is 0 Å². The Kier molecular flexibility index (Phi) is 6.77. The number of likely N-dealkylation sites (tertiary alicyclic amines) is 1. The minimum absolute atomic E-state index is 0.0950. The normalized spacial score (nSPS) is 15.0. The summed E-state index contributed by atoms with van der Waals surface area (Å²) < 4.78 is 15.1. The van der Waals surface area contributed by atoms with Crippen LogP contribution in [0.2, 0.25) is 0 Å². The van der Waals surface area contributed by atoms with E-state index >= 15 is 0 Å². The second-order valence-corrected chi connectivity index (χ2v) is 10.00. The van der Waals surface area contributed by atoms with E-state index in [4.69, 9.17) is 4.98 Å². The number of hydrogen-bond acceptors (Lipinski definition) is 5. The van der Waals surface area contributed by atoms with Gasteiger partial charge in [-0.15, -0.1) is 11.3 Å². The van der Waals surface area contributed by atoms with Crippen LogP contribution in [0.15, 0.2) is 39.6 Å². The lowest BCUT2D eigenvalue weighted by molar-refractivity contribution is -0.129. The number of thioether (sulfide) groups is 1. The first-order valence-electron chi connectivity index (χ1n) is 10.7. The van der Waals surface area contributed by atoms with Gasteiger partial charge < -0.3 is 4.90 Å². The van der Waals surface area contributed by atoms with Crippen molar-refractivity contribution in [2.24, 2.45) is 0 Å². The summed E-state index contributed by atoms with van der Waals surface area (Å²) in [6.45, 7) is 6.15. The van der Waals surface area contributed by atoms with Crippen LogP contribution in [0.25, 0.3) is 21.3 Å². The van der Waals surface area contributed by atoms with Gasteiger partial charge in [-0.25, -0.2) is 9.37 Å². The number of carbonyl (C=O) groups excluding carboxylic acids is 1. The zero-order chi connectivity index (χ0) is 22.0. The minimum Gasteiger partial charge on any atom is -0.342 e. The third-order valence-electron chi connectivity index (χ3n) is 5.60. The lowest BCUT2D eigenvalue weighted by Crippen LogP contribution is -2.34. The van der Waals surface area contributed by atoms with Crippen molar-refractivity contribution in [3.8, 4) is 11.1 Å². The quantitative estimate of drug-likeness (QED) is 0.361. The Balaban J connectivity index is 1.74. The molecule has 3 heterocycles. The molecule has 0 aliphatic carbocycles. The van der Waals surface area contributed by atoms with Crippen molar-refractivity contribution >= 4 is 39.2 Å². The van der Waals surface area contributed by atoms with Gasteiger partial charge in [-0.3, -0.25) is 14.2 Å². The molecular formula is C23H26FN3O2S2. The molecule has 0 spiro atoms. The van der Waals surface area contributed by atoms with Crippen LogP contribution in [0.1, 0.15) is 39.5 Å². The van der Waals surface area contributed by atoms with E-state index in [-0.39, 0.29) is 22.5 Å². The van der Waals surface area contributed by atoms with Crippen LogP contribution in [0.4, 0.5) is 4.39 Å². The number of hydrogen-bond donors (Lipinski definition) is 0. The van der Waals surface area contributed by atoms with Crippen LogP contribution in [0.5, 0.6) is 0 Å². The number of halogens is 1. The van der Waals surface area contributed by atoms with Crippen molar-refractivity contribution < 1.29 is 9.18 Å². The van der Waals surface area contributed by atoms with Gasteiger partial charge in [0.05, 0.1) is 10.6 Å². The van der Waals surface area contributed by atoms with Gasteiger partial charge in [0.25, 0.3) is 5.56 Å². The third-order valence-corrected chi connectivity index (χ3v) is 7.55. The number of nitrogens with zero attached hydrogens (tertiary/aromatic N) is 3. The summed E-state index contributed by atoms with van der Waals surface area (Å²) >= 11 is 2.78. The second kappa shape index (κ2) is 9.53. The fraction of sp³-hybridized carbons (Fsp3) is 0.435. The summed E-state index contributed by atoms with van der Waals surface area (Å²) in [5.74, 6) is -0.200. The van der Waals surface area contributed by atoms with Crippen LogP contribution < -0.4 is 5.56 Å². The molecule has 31 heavy (non-hydrogen) atoms. The highest BCUT2D eigenvalue weighted by atomic mass is 32.2. The fourth-order valence-corrected chi connectivity index (χ4v) is 5.86. The number of carbonyl (C=O) groups is 1. The number of amides is 1. The first kappa shape index (κ1) is 22.0. The second-order valence-electron chi connectivity index (χ2n) is 7.83. The highest BCUT2D eigenvalue weighted by molar-refractivity contribution is 8.00. The van der Waals surface area contributed by atoms with Crippen molar-refractivity contribution in [1.29, 1.82) is 0 Å². The summed E-state index contributed by atoms with van der Waals surface area (Å²) in [6.07, 6.45) is 3.90. The summed E-state index contributed by atoms with van der Waals surface area (Å²) in [7, 11) is 0. The Bertz CT molecular complexity index is 1130. The molecule has 1 aliphatic rings. The number of aromatic nitrogens is 2. The number of thiophene rings is 1. The molecule has 1 aromatic carbocycles. The van der Waals surface area contributed by atoms with E-state index in [2.05, 4.69) is 6.92 Å². The maximum atomic E-state index is 13.5.